The Balaban J connectivity index is 2.24. The third-order valence-corrected chi connectivity index (χ3v) is 2.59. The van der Waals surface area contributed by atoms with E-state index in [9.17, 15) is 4.79 Å². The fourth-order valence-corrected chi connectivity index (χ4v) is 1.54. The van der Waals surface area contributed by atoms with Crippen molar-refractivity contribution >= 4 is 29.2 Å². The highest BCUT2D eigenvalue weighted by Gasteiger charge is 2.13. The minimum Gasteiger partial charge on any atom is -0.421 e. The van der Waals surface area contributed by atoms with Crippen molar-refractivity contribution in [2.24, 2.45) is 0 Å². The Kier molecular flexibility index (Phi) is 3.61. The summed E-state index contributed by atoms with van der Waals surface area (Å²) in [7, 11) is 0. The van der Waals surface area contributed by atoms with Crippen molar-refractivity contribution in [1.82, 2.24) is 4.98 Å². The molecule has 0 fully saturated rings. The van der Waals surface area contributed by atoms with Gasteiger partial charge in [-0.25, -0.2) is 4.79 Å². The maximum atomic E-state index is 11.8. The number of benzene rings is 1. The zero-order valence-electron chi connectivity index (χ0n) is 8.48. The number of aromatic nitrogens is 1. The van der Waals surface area contributed by atoms with Crippen LogP contribution < -0.4 is 4.74 Å². The Morgan fingerprint density at radius 3 is 2.71 bits per heavy atom. The fraction of sp³-hybridized carbons (Fsp3) is 0. The molecule has 5 heteroatoms. The molecule has 0 atom stereocenters. The fourth-order valence-electron chi connectivity index (χ4n) is 1.18. The Hall–Kier alpha value is -1.58. The van der Waals surface area contributed by atoms with Gasteiger partial charge in [0.15, 0.2) is 5.75 Å². The molecule has 0 aliphatic heterocycles. The van der Waals surface area contributed by atoms with Gasteiger partial charge in [-0.2, -0.15) is 0 Å². The number of esters is 1. The molecule has 3 nitrogen and oxygen atoms in total. The molecule has 1 aromatic heterocycles. The number of ether oxygens (including phenoxy) is 1. The Labute approximate surface area is 108 Å². The van der Waals surface area contributed by atoms with E-state index in [1.54, 1.807) is 24.3 Å². The van der Waals surface area contributed by atoms with Crippen LogP contribution in [0.2, 0.25) is 10.0 Å². The van der Waals surface area contributed by atoms with Crippen LogP contribution in [-0.2, 0) is 0 Å². The van der Waals surface area contributed by atoms with Crippen molar-refractivity contribution in [2.75, 3.05) is 0 Å². The smallest absolute Gasteiger partial charge is 0.345 e. The van der Waals surface area contributed by atoms with E-state index in [0.29, 0.717) is 5.02 Å². The molecular formula is C12H6Cl2NO2. The van der Waals surface area contributed by atoms with Gasteiger partial charge >= 0.3 is 5.97 Å². The minimum absolute atomic E-state index is 0.201. The lowest BCUT2D eigenvalue weighted by atomic mass is 10.2. The number of hydrogen-bond donors (Lipinski definition) is 0. The summed E-state index contributed by atoms with van der Waals surface area (Å²) in [6.45, 7) is 0. The summed E-state index contributed by atoms with van der Waals surface area (Å²) in [5.41, 5.74) is 0.280. The summed E-state index contributed by atoms with van der Waals surface area (Å²) in [4.78, 5) is 15.5. The topological polar surface area (TPSA) is 39.2 Å². The summed E-state index contributed by atoms with van der Waals surface area (Å²) < 4.78 is 5.09. The monoisotopic (exact) mass is 266 g/mol. The summed E-state index contributed by atoms with van der Waals surface area (Å²) >= 11 is 11.7. The van der Waals surface area contributed by atoms with Crippen LogP contribution in [0.4, 0.5) is 0 Å². The van der Waals surface area contributed by atoms with Crippen LogP contribution in [0.15, 0.2) is 36.5 Å². The molecule has 0 bridgehead atoms. The Morgan fingerprint density at radius 2 is 2.00 bits per heavy atom. The van der Waals surface area contributed by atoms with Crippen molar-refractivity contribution < 1.29 is 9.53 Å². The van der Waals surface area contributed by atoms with E-state index in [1.165, 1.54) is 12.3 Å². The van der Waals surface area contributed by atoms with E-state index in [0.717, 1.165) is 0 Å². The molecule has 0 aliphatic rings. The van der Waals surface area contributed by atoms with Crippen molar-refractivity contribution in [2.45, 2.75) is 0 Å². The highest BCUT2D eigenvalue weighted by molar-refractivity contribution is 6.34. The first-order valence-corrected chi connectivity index (χ1v) is 5.42. The molecule has 0 unspecified atom stereocenters. The van der Waals surface area contributed by atoms with Crippen LogP contribution in [0.25, 0.3) is 0 Å². The molecule has 1 heterocycles. The average molecular weight is 267 g/mol. The lowest BCUT2D eigenvalue weighted by Crippen LogP contribution is -2.09. The standard InChI is InChI=1S/C12H6Cl2NO2/c13-9-4-2-1-3-8(9)12(16)17-11-5-6-15-7-10(11)14/h1-5,7H. The van der Waals surface area contributed by atoms with E-state index in [1.807, 2.05) is 0 Å². The van der Waals surface area contributed by atoms with E-state index in [-0.39, 0.29) is 16.3 Å². The third-order valence-electron chi connectivity index (χ3n) is 1.98. The second kappa shape index (κ2) is 5.17. The maximum absolute atomic E-state index is 11.8. The quantitative estimate of drug-likeness (QED) is 0.783. The van der Waals surface area contributed by atoms with E-state index >= 15 is 0 Å². The first-order chi connectivity index (χ1) is 8.18. The van der Waals surface area contributed by atoms with E-state index < -0.39 is 5.97 Å². The van der Waals surface area contributed by atoms with E-state index in [2.05, 4.69) is 11.2 Å². The molecule has 85 valence electrons. The summed E-state index contributed by atoms with van der Waals surface area (Å²) in [6, 6.07) is 7.99. The van der Waals surface area contributed by atoms with Crippen LogP contribution >= 0.6 is 23.2 Å². The van der Waals surface area contributed by atoms with Gasteiger partial charge in [-0.3, -0.25) is 4.98 Å². The first-order valence-electron chi connectivity index (χ1n) is 4.67. The second-order valence-corrected chi connectivity index (χ2v) is 3.93. The zero-order valence-corrected chi connectivity index (χ0v) is 10.00. The van der Waals surface area contributed by atoms with Crippen LogP contribution in [0.5, 0.6) is 5.75 Å². The molecule has 17 heavy (non-hydrogen) atoms. The molecule has 0 aliphatic carbocycles. The van der Waals surface area contributed by atoms with Gasteiger partial charge in [0, 0.05) is 6.07 Å². The third kappa shape index (κ3) is 2.75. The Morgan fingerprint density at radius 1 is 1.24 bits per heavy atom. The predicted molar refractivity (Wildman–Crippen MR) is 64.5 cm³/mol. The van der Waals surface area contributed by atoms with E-state index in [4.69, 9.17) is 27.9 Å². The molecular weight excluding hydrogens is 261 g/mol. The highest BCUT2D eigenvalue weighted by atomic mass is 35.5. The number of pyridine rings is 1. The van der Waals surface area contributed by atoms with Gasteiger partial charge in [-0.15, -0.1) is 0 Å². The van der Waals surface area contributed by atoms with Crippen LogP contribution in [-0.4, -0.2) is 11.0 Å². The number of carbonyl (C=O) groups excluding carboxylic acids is 1. The molecule has 0 spiro atoms. The summed E-state index contributed by atoms with van der Waals surface area (Å²) in [5.74, 6) is -0.372. The molecule has 2 aromatic rings. The predicted octanol–water partition coefficient (Wildman–Crippen LogP) is 3.41. The van der Waals surface area contributed by atoms with Crippen molar-refractivity contribution in [3.05, 3.63) is 58.3 Å². The minimum atomic E-state index is -0.572. The average Bonchev–Trinajstić information content (AvgIpc) is 2.32. The van der Waals surface area contributed by atoms with Crippen LogP contribution in [0, 0.1) is 6.20 Å². The van der Waals surface area contributed by atoms with Gasteiger partial charge in [-0.1, -0.05) is 35.3 Å². The van der Waals surface area contributed by atoms with Crippen LogP contribution in [0.1, 0.15) is 10.4 Å². The summed E-state index contributed by atoms with van der Waals surface area (Å²) in [6.07, 6.45) is 3.87. The van der Waals surface area contributed by atoms with Gasteiger partial charge in [0.05, 0.1) is 23.0 Å². The van der Waals surface area contributed by atoms with Gasteiger partial charge in [0.2, 0.25) is 0 Å². The Bertz CT molecular complexity index is 558. The van der Waals surface area contributed by atoms with Crippen molar-refractivity contribution in [3.8, 4) is 5.75 Å². The molecule has 1 aromatic carbocycles. The molecule has 0 saturated carbocycles. The number of nitrogens with zero attached hydrogens (tertiary/aromatic N) is 1. The number of rotatable bonds is 2. The van der Waals surface area contributed by atoms with Gasteiger partial charge < -0.3 is 4.74 Å². The van der Waals surface area contributed by atoms with Gasteiger partial charge in [0.25, 0.3) is 0 Å². The normalized spacial score (nSPS) is 10.0. The molecule has 2 rings (SSSR count). The second-order valence-electron chi connectivity index (χ2n) is 3.11. The number of hydrogen-bond acceptors (Lipinski definition) is 3. The molecule has 0 N–H and O–H groups in total. The summed E-state index contributed by atoms with van der Waals surface area (Å²) in [5, 5.41) is 0.566. The van der Waals surface area contributed by atoms with Crippen LogP contribution in [0.3, 0.4) is 0 Å². The zero-order chi connectivity index (χ0) is 12.3. The maximum Gasteiger partial charge on any atom is 0.345 e. The molecule has 0 amide bonds. The number of halogens is 2. The van der Waals surface area contributed by atoms with Crippen molar-refractivity contribution in [3.63, 3.8) is 0 Å². The number of carbonyl (C=O) groups is 1. The van der Waals surface area contributed by atoms with Gasteiger partial charge in [0.1, 0.15) is 5.02 Å². The lowest BCUT2D eigenvalue weighted by Gasteiger charge is -2.06. The molecule has 1 radical (unpaired) electrons. The molecule has 0 saturated heterocycles. The highest BCUT2D eigenvalue weighted by Crippen LogP contribution is 2.24. The lowest BCUT2D eigenvalue weighted by molar-refractivity contribution is 0.0735. The SMILES string of the molecule is O=C(Oc1c[c]ncc1Cl)c1ccccc1Cl. The van der Waals surface area contributed by atoms with Crippen molar-refractivity contribution in [1.29, 1.82) is 0 Å². The first kappa shape index (κ1) is 11.9. The van der Waals surface area contributed by atoms with Gasteiger partial charge in [-0.05, 0) is 12.1 Å². The largest absolute Gasteiger partial charge is 0.421 e.